The Bertz CT molecular complexity index is 2810. The van der Waals surface area contributed by atoms with Crippen molar-refractivity contribution in [1.29, 1.82) is 0 Å². The molecule has 0 aliphatic rings. The average molecular weight is 863 g/mol. The molecule has 7 aromatic rings. The largest absolute Gasteiger partial charge is 0.506 e. The molecule has 0 bridgehead atoms. The van der Waals surface area contributed by atoms with E-state index in [2.05, 4.69) is 32.0 Å². The van der Waals surface area contributed by atoms with E-state index in [0.717, 1.165) is 77.5 Å². The number of phenolic OH excluding ortho intramolecular Hbond substituents is 1. The number of hydrogen-bond donors (Lipinski definition) is 7. The number of unbranched alkanes of at least 4 members (excludes halogenated alkanes) is 3. The molecule has 0 radical (unpaired) electrons. The van der Waals surface area contributed by atoms with Gasteiger partial charge in [-0.05, 0) is 122 Å². The molecule has 0 aliphatic carbocycles. The van der Waals surface area contributed by atoms with Gasteiger partial charge in [-0.3, -0.25) is 19.4 Å². The number of aliphatic hydroxyl groups is 1. The Labute approximate surface area is 371 Å². The van der Waals surface area contributed by atoms with Crippen molar-refractivity contribution >= 4 is 50.7 Å². The van der Waals surface area contributed by atoms with Gasteiger partial charge in [0.2, 0.25) is 5.56 Å². The quantitative estimate of drug-likeness (QED) is 0.0345. The highest BCUT2D eigenvalue weighted by Gasteiger charge is 2.18. The van der Waals surface area contributed by atoms with Crippen LogP contribution in [-0.4, -0.2) is 65.4 Å². The second kappa shape index (κ2) is 21.3. The third-order valence-corrected chi connectivity index (χ3v) is 11.2. The van der Waals surface area contributed by atoms with Gasteiger partial charge in [0.15, 0.2) is 0 Å². The zero-order valence-corrected chi connectivity index (χ0v) is 36.1. The molecule has 330 valence electrons. The number of carbonyl (C=O) groups is 2. The van der Waals surface area contributed by atoms with Gasteiger partial charge in [-0.1, -0.05) is 55.3 Å². The van der Waals surface area contributed by atoms with E-state index in [1.807, 2.05) is 79.7 Å². The first kappa shape index (κ1) is 45.0. The lowest BCUT2D eigenvalue weighted by molar-refractivity contribution is 0.0998. The summed E-state index contributed by atoms with van der Waals surface area (Å²) >= 11 is 0. The number of nitrogens with one attached hydrogen (secondary N) is 4. The highest BCUT2D eigenvalue weighted by atomic mass is 16.5. The fraction of sp³-hybridized carbons (Fsp3) is 0.255. The molecule has 2 amide bonds. The lowest BCUT2D eigenvalue weighted by Crippen LogP contribution is -2.22. The van der Waals surface area contributed by atoms with Crippen molar-refractivity contribution in [2.75, 3.05) is 44.0 Å². The van der Waals surface area contributed by atoms with Gasteiger partial charge in [0, 0.05) is 59.2 Å². The number of rotatable bonds is 21. The number of hydrogen-bond acceptors (Lipinski definition) is 10. The summed E-state index contributed by atoms with van der Waals surface area (Å²) in [7, 11) is 1.60. The number of nitrogens with two attached hydrogens (primary N) is 1. The molecule has 2 heterocycles. The van der Waals surface area contributed by atoms with Gasteiger partial charge < -0.3 is 46.4 Å². The molecule has 5 aromatic carbocycles. The molecule has 0 saturated carbocycles. The van der Waals surface area contributed by atoms with Crippen LogP contribution >= 0.6 is 0 Å². The number of aliphatic hydroxyl groups excluding tert-OH is 1. The van der Waals surface area contributed by atoms with E-state index in [9.17, 15) is 24.6 Å². The minimum atomic E-state index is -0.772. The number of primary amides is 1. The van der Waals surface area contributed by atoms with E-state index < -0.39 is 12.0 Å². The number of carbonyl (C=O) groups excluding carboxylic acids is 2. The Hall–Kier alpha value is -7.06. The van der Waals surface area contributed by atoms with E-state index in [1.165, 1.54) is 18.3 Å². The lowest BCUT2D eigenvalue weighted by atomic mass is 9.97. The maximum Gasteiger partial charge on any atom is 0.255 e. The first-order valence-electron chi connectivity index (χ1n) is 21.5. The molecular weight excluding hydrogens is 809 g/mol. The third kappa shape index (κ3) is 11.5. The normalized spacial score (nSPS) is 11.7. The van der Waals surface area contributed by atoms with Gasteiger partial charge in [0.05, 0.1) is 42.1 Å². The summed E-state index contributed by atoms with van der Waals surface area (Å²) in [5.74, 6) is -0.151. The smallest absolute Gasteiger partial charge is 0.255 e. The highest BCUT2D eigenvalue weighted by Crippen LogP contribution is 2.33. The summed E-state index contributed by atoms with van der Waals surface area (Å²) in [6.45, 7) is 4.42. The maximum absolute atomic E-state index is 13.4. The molecule has 0 aliphatic heterocycles. The number of pyridine rings is 2. The van der Waals surface area contributed by atoms with E-state index in [0.29, 0.717) is 65.3 Å². The topological polar surface area (TPSA) is 201 Å². The first-order valence-corrected chi connectivity index (χ1v) is 21.5. The van der Waals surface area contributed by atoms with Crippen LogP contribution in [0.1, 0.15) is 80.3 Å². The van der Waals surface area contributed by atoms with Gasteiger partial charge in [0.25, 0.3) is 11.8 Å². The molecule has 8 N–H and O–H groups in total. The number of H-pyrrole nitrogens is 1. The van der Waals surface area contributed by atoms with E-state index in [-0.39, 0.29) is 22.8 Å². The highest BCUT2D eigenvalue weighted by molar-refractivity contribution is 6.08. The van der Waals surface area contributed by atoms with Gasteiger partial charge >= 0.3 is 0 Å². The Balaban J connectivity index is 0.833. The summed E-state index contributed by atoms with van der Waals surface area (Å²) in [6, 6.07) is 33.1. The van der Waals surface area contributed by atoms with Crippen molar-refractivity contribution in [1.82, 2.24) is 15.3 Å². The number of fused-ring (bicyclic) bond motifs is 2. The van der Waals surface area contributed by atoms with E-state index in [1.54, 1.807) is 25.3 Å². The minimum Gasteiger partial charge on any atom is -0.506 e. The van der Waals surface area contributed by atoms with Crippen LogP contribution in [-0.2, 0) is 17.6 Å². The molecule has 0 spiro atoms. The van der Waals surface area contributed by atoms with Crippen LogP contribution < -0.4 is 32.0 Å². The monoisotopic (exact) mass is 862 g/mol. The number of anilines is 3. The number of nitrogens with zero attached hydrogens (tertiary/aromatic N) is 1. The minimum absolute atomic E-state index is 0.0262. The fourth-order valence-electron chi connectivity index (χ4n) is 7.84. The molecule has 7 rings (SSSR count). The maximum atomic E-state index is 13.4. The molecule has 2 aromatic heterocycles. The second-order valence-electron chi connectivity index (χ2n) is 15.9. The second-order valence-corrected chi connectivity index (χ2v) is 15.9. The molecule has 1 atom stereocenters. The number of benzene rings is 5. The van der Waals surface area contributed by atoms with Crippen LogP contribution in [0.2, 0.25) is 0 Å². The van der Waals surface area contributed by atoms with Crippen LogP contribution in [0.15, 0.2) is 120 Å². The predicted molar refractivity (Wildman–Crippen MR) is 252 cm³/mol. The van der Waals surface area contributed by atoms with Crippen molar-refractivity contribution in [3.05, 3.63) is 165 Å². The standard InChI is InChI=1S/C51H54N6O7/c1-32-25-35(28-42-47(32)54-30-43(50(52)61)48(42)55-38-11-8-12-39(29-38)63-2)26-34-9-7-10-36(27-34)51(62)56-37-15-13-33(14-16-37)21-24-64-23-6-4-3-5-22-53-31-45(59)40-17-19-44(58)49-41(40)18-20-46(60)57-49/h7-20,25,27-30,45,53,58-59H,3-6,21-24,26,31H2,1-2H3,(H2,52,61)(H,54,55)(H,56,62)(H,57,60)/t45-/m0/s1. The van der Waals surface area contributed by atoms with Gasteiger partial charge in [-0.15, -0.1) is 0 Å². The number of aromatic hydroxyl groups is 1. The zero-order chi connectivity index (χ0) is 45.0. The molecule has 13 heteroatoms. The summed E-state index contributed by atoms with van der Waals surface area (Å²) in [5, 5.41) is 31.9. The number of aromatic nitrogens is 2. The molecule has 64 heavy (non-hydrogen) atoms. The fourth-order valence-corrected chi connectivity index (χ4v) is 7.84. The lowest BCUT2D eigenvalue weighted by Gasteiger charge is -2.16. The number of aryl methyl sites for hydroxylation is 1. The van der Waals surface area contributed by atoms with Crippen molar-refractivity contribution in [2.45, 2.75) is 51.6 Å². The zero-order valence-electron chi connectivity index (χ0n) is 36.1. The van der Waals surface area contributed by atoms with Crippen molar-refractivity contribution in [2.24, 2.45) is 5.73 Å². The first-order chi connectivity index (χ1) is 31.1. The summed E-state index contributed by atoms with van der Waals surface area (Å²) in [5.41, 5.74) is 14.0. The Morgan fingerprint density at radius 2 is 1.64 bits per heavy atom. The van der Waals surface area contributed by atoms with Crippen molar-refractivity contribution < 1.29 is 29.3 Å². The van der Waals surface area contributed by atoms with Crippen LogP contribution in [0, 0.1) is 6.92 Å². The van der Waals surface area contributed by atoms with Gasteiger partial charge in [-0.2, -0.15) is 0 Å². The van der Waals surface area contributed by atoms with Gasteiger partial charge in [-0.25, -0.2) is 0 Å². The number of phenols is 1. The molecule has 0 saturated heterocycles. The van der Waals surface area contributed by atoms with E-state index in [4.69, 9.17) is 15.2 Å². The third-order valence-electron chi connectivity index (χ3n) is 11.2. The average Bonchev–Trinajstić information content (AvgIpc) is 3.29. The summed E-state index contributed by atoms with van der Waals surface area (Å²) < 4.78 is 11.3. The molecular formula is C51H54N6O7. The molecule has 0 fully saturated rings. The predicted octanol–water partition coefficient (Wildman–Crippen LogP) is 8.23. The number of ether oxygens (including phenoxy) is 2. The number of methoxy groups -OCH3 is 1. The van der Waals surface area contributed by atoms with Crippen LogP contribution in [0.4, 0.5) is 17.1 Å². The van der Waals surface area contributed by atoms with Crippen LogP contribution in [0.25, 0.3) is 21.8 Å². The Morgan fingerprint density at radius 1 is 0.828 bits per heavy atom. The van der Waals surface area contributed by atoms with Crippen molar-refractivity contribution in [3.8, 4) is 11.5 Å². The molecule has 0 unspecified atom stereocenters. The summed E-state index contributed by atoms with van der Waals surface area (Å²) in [4.78, 5) is 44.8. The number of aromatic amines is 1. The van der Waals surface area contributed by atoms with Crippen LogP contribution in [0.3, 0.4) is 0 Å². The van der Waals surface area contributed by atoms with Crippen molar-refractivity contribution in [3.63, 3.8) is 0 Å². The van der Waals surface area contributed by atoms with E-state index >= 15 is 0 Å². The van der Waals surface area contributed by atoms with Crippen LogP contribution in [0.5, 0.6) is 11.5 Å². The van der Waals surface area contributed by atoms with Gasteiger partial charge in [0.1, 0.15) is 11.5 Å². The number of amides is 2. The Morgan fingerprint density at radius 3 is 2.45 bits per heavy atom. The molecule has 13 nitrogen and oxygen atoms in total. The Kier molecular flexibility index (Phi) is 15.0. The SMILES string of the molecule is COc1cccc(Nc2c(C(N)=O)cnc3c(C)cc(Cc4cccc(C(=O)Nc5ccc(CCOCCCCCCNC[C@H](O)c6ccc(O)c7[nH]c(=O)ccc67)cc5)c4)cc23)c1. The summed E-state index contributed by atoms with van der Waals surface area (Å²) in [6.07, 6.45) is 6.07.